The molecule has 0 aliphatic carbocycles. The normalized spacial score (nSPS) is 16.8. The fourth-order valence-corrected chi connectivity index (χ4v) is 3.39. The van der Waals surface area contributed by atoms with E-state index in [9.17, 15) is 9.90 Å². The molecule has 128 valence electrons. The van der Waals surface area contributed by atoms with Gasteiger partial charge in [-0.05, 0) is 23.6 Å². The van der Waals surface area contributed by atoms with Crippen LogP contribution in [0.25, 0.3) is 0 Å². The van der Waals surface area contributed by atoms with Crippen LogP contribution < -0.4 is 4.74 Å². The van der Waals surface area contributed by atoms with Gasteiger partial charge < -0.3 is 14.7 Å². The number of para-hydroxylation sites is 1. The molecular weight excluding hydrogens is 324 g/mol. The van der Waals surface area contributed by atoms with Crippen molar-refractivity contribution >= 4 is 17.2 Å². The highest BCUT2D eigenvalue weighted by atomic mass is 32.1. The Hall–Kier alpha value is -1.89. The standard InChI is InChI=1S/C18H22N2O3S/c21-16(13-23-17-4-2-1-3-5-17)12-19-7-9-20(10-8-19)18(22)15-6-11-24-14-15/h1-6,11,14,16,21H,7-10,12-13H2/t16-/m1/s1. The first-order valence-corrected chi connectivity index (χ1v) is 9.06. The van der Waals surface area contributed by atoms with Crippen molar-refractivity contribution in [3.63, 3.8) is 0 Å². The zero-order valence-electron chi connectivity index (χ0n) is 13.5. The number of nitrogens with zero attached hydrogens (tertiary/aromatic N) is 2. The Labute approximate surface area is 146 Å². The number of piperazine rings is 1. The molecule has 1 amide bonds. The molecule has 0 spiro atoms. The van der Waals surface area contributed by atoms with Gasteiger partial charge in [-0.25, -0.2) is 0 Å². The Bertz CT molecular complexity index is 625. The van der Waals surface area contributed by atoms with Crippen molar-refractivity contribution in [1.82, 2.24) is 9.80 Å². The molecule has 0 unspecified atom stereocenters. The van der Waals surface area contributed by atoms with Crippen LogP contribution in [0.1, 0.15) is 10.4 Å². The second-order valence-electron chi connectivity index (χ2n) is 5.88. The molecule has 0 radical (unpaired) electrons. The van der Waals surface area contributed by atoms with Crippen LogP contribution in [0.4, 0.5) is 0 Å². The summed E-state index contributed by atoms with van der Waals surface area (Å²) in [6.45, 7) is 3.78. The Balaban J connectivity index is 1.39. The summed E-state index contributed by atoms with van der Waals surface area (Å²) in [7, 11) is 0. The Morgan fingerprint density at radius 2 is 1.92 bits per heavy atom. The van der Waals surface area contributed by atoms with E-state index in [2.05, 4.69) is 4.90 Å². The molecule has 1 fully saturated rings. The summed E-state index contributed by atoms with van der Waals surface area (Å²) >= 11 is 1.54. The second kappa shape index (κ2) is 8.28. The van der Waals surface area contributed by atoms with Crippen molar-refractivity contribution in [3.8, 4) is 5.75 Å². The number of hydrogen-bond donors (Lipinski definition) is 1. The highest BCUT2D eigenvalue weighted by Crippen LogP contribution is 2.13. The molecule has 2 heterocycles. The minimum absolute atomic E-state index is 0.101. The first kappa shape index (κ1) is 17.0. The van der Waals surface area contributed by atoms with E-state index in [0.717, 1.165) is 24.4 Å². The van der Waals surface area contributed by atoms with Crippen molar-refractivity contribution in [3.05, 3.63) is 52.7 Å². The molecule has 5 nitrogen and oxygen atoms in total. The van der Waals surface area contributed by atoms with Gasteiger partial charge in [-0.2, -0.15) is 11.3 Å². The average molecular weight is 346 g/mol. The SMILES string of the molecule is O=C(c1ccsc1)N1CCN(C[C@@H](O)COc2ccccc2)CC1. The topological polar surface area (TPSA) is 53.0 Å². The molecule has 6 heteroatoms. The van der Waals surface area contributed by atoms with E-state index in [1.165, 1.54) is 11.3 Å². The van der Waals surface area contributed by atoms with Gasteiger partial charge in [0.2, 0.25) is 0 Å². The molecule has 3 rings (SSSR count). The lowest BCUT2D eigenvalue weighted by Gasteiger charge is -2.35. The van der Waals surface area contributed by atoms with Crippen LogP contribution in [0, 0.1) is 0 Å². The van der Waals surface area contributed by atoms with Gasteiger partial charge in [0.1, 0.15) is 18.5 Å². The number of carbonyl (C=O) groups is 1. The van der Waals surface area contributed by atoms with Crippen LogP contribution in [0.3, 0.4) is 0 Å². The highest BCUT2D eigenvalue weighted by molar-refractivity contribution is 7.08. The second-order valence-corrected chi connectivity index (χ2v) is 6.66. The highest BCUT2D eigenvalue weighted by Gasteiger charge is 2.23. The number of rotatable bonds is 6. The van der Waals surface area contributed by atoms with Gasteiger partial charge in [0.15, 0.2) is 0 Å². The average Bonchev–Trinajstić information content (AvgIpc) is 3.16. The zero-order chi connectivity index (χ0) is 16.8. The number of hydrogen-bond acceptors (Lipinski definition) is 5. The van der Waals surface area contributed by atoms with Crippen LogP contribution in [-0.2, 0) is 0 Å². The van der Waals surface area contributed by atoms with Crippen molar-refractivity contribution in [1.29, 1.82) is 0 Å². The predicted octanol–water partition coefficient (Wildman–Crippen LogP) is 1.95. The summed E-state index contributed by atoms with van der Waals surface area (Å²) in [5, 5.41) is 14.0. The Morgan fingerprint density at radius 1 is 1.17 bits per heavy atom. The molecule has 0 bridgehead atoms. The number of ether oxygens (including phenoxy) is 1. The van der Waals surface area contributed by atoms with E-state index in [-0.39, 0.29) is 12.5 Å². The van der Waals surface area contributed by atoms with Crippen LogP contribution in [0.2, 0.25) is 0 Å². The van der Waals surface area contributed by atoms with Gasteiger partial charge in [0.05, 0.1) is 5.56 Å². The summed E-state index contributed by atoms with van der Waals surface area (Å²) in [6.07, 6.45) is -0.538. The molecule has 2 aromatic rings. The molecular formula is C18H22N2O3S. The molecule has 1 aromatic heterocycles. The molecule has 1 aromatic carbocycles. The van der Waals surface area contributed by atoms with Crippen molar-refractivity contribution in [2.24, 2.45) is 0 Å². The minimum atomic E-state index is -0.538. The number of amides is 1. The van der Waals surface area contributed by atoms with Crippen LogP contribution in [0.5, 0.6) is 5.75 Å². The molecule has 24 heavy (non-hydrogen) atoms. The third kappa shape index (κ3) is 4.56. The van der Waals surface area contributed by atoms with E-state index in [4.69, 9.17) is 4.74 Å². The largest absolute Gasteiger partial charge is 0.491 e. The lowest BCUT2D eigenvalue weighted by Crippen LogP contribution is -2.50. The fraction of sp³-hybridized carbons (Fsp3) is 0.389. The molecule has 1 atom stereocenters. The van der Waals surface area contributed by atoms with Crippen LogP contribution in [0.15, 0.2) is 47.2 Å². The Morgan fingerprint density at radius 3 is 2.58 bits per heavy atom. The maximum absolute atomic E-state index is 12.3. The maximum Gasteiger partial charge on any atom is 0.254 e. The van der Waals surface area contributed by atoms with Gasteiger partial charge in [-0.1, -0.05) is 18.2 Å². The maximum atomic E-state index is 12.3. The van der Waals surface area contributed by atoms with Gasteiger partial charge in [0.25, 0.3) is 5.91 Å². The number of carbonyl (C=O) groups excluding carboxylic acids is 1. The third-order valence-electron chi connectivity index (χ3n) is 4.08. The summed E-state index contributed by atoms with van der Waals surface area (Å²) < 4.78 is 5.58. The molecule has 1 aliphatic rings. The number of benzene rings is 1. The smallest absolute Gasteiger partial charge is 0.254 e. The van der Waals surface area contributed by atoms with Crippen molar-refractivity contribution < 1.29 is 14.6 Å². The molecule has 0 saturated carbocycles. The quantitative estimate of drug-likeness (QED) is 0.869. The molecule has 1 saturated heterocycles. The predicted molar refractivity (Wildman–Crippen MR) is 94.6 cm³/mol. The van der Waals surface area contributed by atoms with E-state index in [0.29, 0.717) is 19.6 Å². The summed E-state index contributed by atoms with van der Waals surface area (Å²) in [5.74, 6) is 0.867. The lowest BCUT2D eigenvalue weighted by atomic mass is 10.2. The van der Waals surface area contributed by atoms with E-state index < -0.39 is 6.10 Å². The van der Waals surface area contributed by atoms with Gasteiger partial charge in [-0.3, -0.25) is 9.69 Å². The van der Waals surface area contributed by atoms with E-state index in [1.807, 2.05) is 52.1 Å². The summed E-state index contributed by atoms with van der Waals surface area (Å²) in [5.41, 5.74) is 0.768. The first-order chi connectivity index (χ1) is 11.7. The summed E-state index contributed by atoms with van der Waals surface area (Å²) in [4.78, 5) is 16.4. The molecule has 1 N–H and O–H groups in total. The number of aliphatic hydroxyl groups is 1. The van der Waals surface area contributed by atoms with E-state index in [1.54, 1.807) is 0 Å². The zero-order valence-corrected chi connectivity index (χ0v) is 14.3. The van der Waals surface area contributed by atoms with Gasteiger partial charge in [0, 0.05) is 38.1 Å². The fourth-order valence-electron chi connectivity index (χ4n) is 2.76. The number of aliphatic hydroxyl groups excluding tert-OH is 1. The van der Waals surface area contributed by atoms with Gasteiger partial charge >= 0.3 is 0 Å². The summed E-state index contributed by atoms with van der Waals surface area (Å²) in [6, 6.07) is 11.4. The number of β-amino-alcohol motifs (C(OH)–C–C–N with tert-alkyl or cyclic N) is 1. The van der Waals surface area contributed by atoms with Crippen molar-refractivity contribution in [2.45, 2.75) is 6.10 Å². The minimum Gasteiger partial charge on any atom is -0.491 e. The first-order valence-electron chi connectivity index (χ1n) is 8.12. The third-order valence-corrected chi connectivity index (χ3v) is 4.77. The van der Waals surface area contributed by atoms with Crippen molar-refractivity contribution in [2.75, 3.05) is 39.3 Å². The van der Waals surface area contributed by atoms with Crippen LogP contribution >= 0.6 is 11.3 Å². The molecule has 1 aliphatic heterocycles. The van der Waals surface area contributed by atoms with Gasteiger partial charge in [-0.15, -0.1) is 0 Å². The number of thiophene rings is 1. The Kier molecular flexibility index (Phi) is 5.85. The van der Waals surface area contributed by atoms with E-state index >= 15 is 0 Å². The lowest BCUT2D eigenvalue weighted by molar-refractivity contribution is 0.0404. The monoisotopic (exact) mass is 346 g/mol. The van der Waals surface area contributed by atoms with Crippen LogP contribution in [-0.4, -0.2) is 66.2 Å².